The molecule has 0 amide bonds. The molecule has 2 heteroatoms. The van der Waals surface area contributed by atoms with E-state index >= 15 is 0 Å². The van der Waals surface area contributed by atoms with E-state index in [0.717, 1.165) is 12.8 Å². The summed E-state index contributed by atoms with van der Waals surface area (Å²) in [6, 6.07) is 8.68. The molecule has 0 N–H and O–H groups in total. The molecule has 0 saturated carbocycles. The molecule has 0 fully saturated rings. The van der Waals surface area contributed by atoms with Crippen molar-refractivity contribution in [3.8, 4) is 0 Å². The second-order valence-corrected chi connectivity index (χ2v) is 3.59. The van der Waals surface area contributed by atoms with Gasteiger partial charge in [-0.1, -0.05) is 31.2 Å². The van der Waals surface area contributed by atoms with Gasteiger partial charge in [-0.05, 0) is 30.9 Å². The Bertz CT molecular complexity index is 266. The van der Waals surface area contributed by atoms with E-state index < -0.39 is 0 Å². The molecule has 0 aliphatic heterocycles. The molecule has 84 valence electrons. The summed E-state index contributed by atoms with van der Waals surface area (Å²) >= 11 is 0. The van der Waals surface area contributed by atoms with E-state index in [1.807, 2.05) is 6.92 Å². The first-order chi connectivity index (χ1) is 7.26. The third kappa shape index (κ3) is 4.45. The van der Waals surface area contributed by atoms with Crippen LogP contribution < -0.4 is 0 Å². The van der Waals surface area contributed by atoms with Crippen LogP contribution in [0.3, 0.4) is 0 Å². The first kappa shape index (κ1) is 12.2. The molecule has 0 aromatic heterocycles. The number of benzene rings is 1. The summed E-state index contributed by atoms with van der Waals surface area (Å²) in [7, 11) is 1.65. The molecule has 0 spiro atoms. The van der Waals surface area contributed by atoms with Gasteiger partial charge in [-0.2, -0.15) is 0 Å². The van der Waals surface area contributed by atoms with Crippen LogP contribution >= 0.6 is 0 Å². The monoisotopic (exact) mass is 208 g/mol. The Morgan fingerprint density at radius 2 is 1.73 bits per heavy atom. The van der Waals surface area contributed by atoms with Crippen molar-refractivity contribution in [1.29, 1.82) is 0 Å². The highest BCUT2D eigenvalue weighted by Gasteiger charge is 1.99. The van der Waals surface area contributed by atoms with Crippen LogP contribution in [-0.2, 0) is 22.3 Å². The average molecular weight is 208 g/mol. The summed E-state index contributed by atoms with van der Waals surface area (Å²) in [5, 5.41) is 0. The molecule has 1 unspecified atom stereocenters. The Hall–Kier alpha value is -0.860. The summed E-state index contributed by atoms with van der Waals surface area (Å²) < 4.78 is 10.4. The zero-order chi connectivity index (χ0) is 11.1. The van der Waals surface area contributed by atoms with Gasteiger partial charge >= 0.3 is 0 Å². The minimum Gasteiger partial charge on any atom is -0.356 e. The van der Waals surface area contributed by atoms with Crippen molar-refractivity contribution in [3.05, 3.63) is 35.4 Å². The number of hydrogen-bond acceptors (Lipinski definition) is 2. The third-order valence-electron chi connectivity index (χ3n) is 2.51. The van der Waals surface area contributed by atoms with E-state index in [-0.39, 0.29) is 6.29 Å². The molecular weight excluding hydrogens is 188 g/mol. The molecule has 0 heterocycles. The maximum absolute atomic E-state index is 5.43. The first-order valence-electron chi connectivity index (χ1n) is 5.48. The van der Waals surface area contributed by atoms with Gasteiger partial charge in [0, 0.05) is 7.11 Å². The van der Waals surface area contributed by atoms with E-state index in [2.05, 4.69) is 31.2 Å². The van der Waals surface area contributed by atoms with Gasteiger partial charge < -0.3 is 9.47 Å². The Kier molecular flexibility index (Phi) is 5.37. The second-order valence-electron chi connectivity index (χ2n) is 3.59. The lowest BCUT2D eigenvalue weighted by Crippen LogP contribution is -2.12. The van der Waals surface area contributed by atoms with Gasteiger partial charge in [-0.15, -0.1) is 0 Å². The van der Waals surface area contributed by atoms with Crippen molar-refractivity contribution in [3.63, 3.8) is 0 Å². The third-order valence-corrected chi connectivity index (χ3v) is 2.51. The fourth-order valence-electron chi connectivity index (χ4n) is 1.35. The zero-order valence-electron chi connectivity index (χ0n) is 9.82. The van der Waals surface area contributed by atoms with E-state index in [1.165, 1.54) is 11.1 Å². The van der Waals surface area contributed by atoms with Crippen LogP contribution in [0.2, 0.25) is 0 Å². The first-order valence-corrected chi connectivity index (χ1v) is 5.48. The quantitative estimate of drug-likeness (QED) is 0.669. The molecule has 0 aliphatic rings. The van der Waals surface area contributed by atoms with Crippen molar-refractivity contribution in [2.24, 2.45) is 0 Å². The lowest BCUT2D eigenvalue weighted by molar-refractivity contribution is -0.109. The molecule has 15 heavy (non-hydrogen) atoms. The highest BCUT2D eigenvalue weighted by atomic mass is 16.7. The average Bonchev–Trinajstić information content (AvgIpc) is 2.29. The fraction of sp³-hybridized carbons (Fsp3) is 0.538. The van der Waals surface area contributed by atoms with Gasteiger partial charge in [0.15, 0.2) is 6.29 Å². The van der Waals surface area contributed by atoms with Gasteiger partial charge in [0.2, 0.25) is 0 Å². The van der Waals surface area contributed by atoms with Crippen molar-refractivity contribution in [2.75, 3.05) is 13.7 Å². The van der Waals surface area contributed by atoms with Gasteiger partial charge in [0.1, 0.15) is 0 Å². The normalized spacial score (nSPS) is 12.7. The molecule has 0 aliphatic carbocycles. The molecule has 2 nitrogen and oxygen atoms in total. The molecule has 1 rings (SSSR count). The van der Waals surface area contributed by atoms with Crippen molar-refractivity contribution >= 4 is 0 Å². The van der Waals surface area contributed by atoms with E-state index in [0.29, 0.717) is 6.61 Å². The van der Waals surface area contributed by atoms with Gasteiger partial charge in [-0.3, -0.25) is 0 Å². The Morgan fingerprint density at radius 3 is 2.27 bits per heavy atom. The van der Waals surface area contributed by atoms with Gasteiger partial charge in [0.05, 0.1) is 6.61 Å². The zero-order valence-corrected chi connectivity index (χ0v) is 9.82. The smallest absolute Gasteiger partial charge is 0.154 e. The Labute approximate surface area is 92.2 Å². The predicted octanol–water partition coefficient (Wildman–Crippen LogP) is 2.80. The van der Waals surface area contributed by atoms with E-state index in [4.69, 9.17) is 9.47 Å². The lowest BCUT2D eigenvalue weighted by Gasteiger charge is -2.10. The number of methoxy groups -OCH3 is 1. The van der Waals surface area contributed by atoms with Crippen molar-refractivity contribution in [2.45, 2.75) is 33.0 Å². The van der Waals surface area contributed by atoms with Crippen molar-refractivity contribution < 1.29 is 9.47 Å². The molecule has 0 saturated heterocycles. The second kappa shape index (κ2) is 6.59. The number of aryl methyl sites for hydroxylation is 1. The maximum Gasteiger partial charge on any atom is 0.154 e. The summed E-state index contributed by atoms with van der Waals surface area (Å²) in [6.45, 7) is 4.78. The molecule has 0 radical (unpaired) electrons. The van der Waals surface area contributed by atoms with Crippen LogP contribution in [-0.4, -0.2) is 20.0 Å². The highest BCUT2D eigenvalue weighted by Crippen LogP contribution is 2.06. The van der Waals surface area contributed by atoms with Crippen molar-refractivity contribution in [1.82, 2.24) is 0 Å². The van der Waals surface area contributed by atoms with Crippen LogP contribution in [0.1, 0.15) is 25.0 Å². The molecule has 1 atom stereocenters. The number of rotatable bonds is 6. The molecule has 1 aromatic rings. The SMILES string of the molecule is CCc1ccc(CCOC(C)OC)cc1. The minimum atomic E-state index is -0.111. The molecule has 1 aromatic carbocycles. The predicted molar refractivity (Wildman–Crippen MR) is 61.9 cm³/mol. The lowest BCUT2D eigenvalue weighted by atomic mass is 10.1. The topological polar surface area (TPSA) is 18.5 Å². The minimum absolute atomic E-state index is 0.111. The van der Waals surface area contributed by atoms with Crippen LogP contribution in [0.25, 0.3) is 0 Å². The van der Waals surface area contributed by atoms with Crippen LogP contribution in [0.15, 0.2) is 24.3 Å². The molecular formula is C13H20O2. The largest absolute Gasteiger partial charge is 0.356 e. The fourth-order valence-corrected chi connectivity index (χ4v) is 1.35. The highest BCUT2D eigenvalue weighted by molar-refractivity contribution is 5.22. The van der Waals surface area contributed by atoms with Crippen LogP contribution in [0, 0.1) is 0 Å². The summed E-state index contributed by atoms with van der Waals surface area (Å²) in [5.74, 6) is 0. The summed E-state index contributed by atoms with van der Waals surface area (Å²) in [4.78, 5) is 0. The standard InChI is InChI=1S/C13H20O2/c1-4-12-5-7-13(8-6-12)9-10-15-11(2)14-3/h5-8,11H,4,9-10H2,1-3H3. The van der Waals surface area contributed by atoms with Gasteiger partial charge in [-0.25, -0.2) is 0 Å². The summed E-state index contributed by atoms with van der Waals surface area (Å²) in [5.41, 5.74) is 2.69. The Balaban J connectivity index is 2.31. The maximum atomic E-state index is 5.43. The Morgan fingerprint density at radius 1 is 1.13 bits per heavy atom. The van der Waals surface area contributed by atoms with Gasteiger partial charge in [0.25, 0.3) is 0 Å². The van der Waals surface area contributed by atoms with Crippen LogP contribution in [0.4, 0.5) is 0 Å². The van der Waals surface area contributed by atoms with E-state index in [1.54, 1.807) is 7.11 Å². The number of hydrogen-bond donors (Lipinski definition) is 0. The molecule has 0 bridgehead atoms. The van der Waals surface area contributed by atoms with Crippen LogP contribution in [0.5, 0.6) is 0 Å². The number of ether oxygens (including phenoxy) is 2. The summed E-state index contributed by atoms with van der Waals surface area (Å²) in [6.07, 6.45) is 1.93. The van der Waals surface area contributed by atoms with E-state index in [9.17, 15) is 0 Å².